The average molecular weight is 1330 g/mol. The topological polar surface area (TPSA) is 259 Å². The molecule has 534 valence electrons. The number of likely N-dealkylation sites (N-methyl/N-ethyl adjacent to an activating group) is 7. The number of carbonyl (C=O) groups excluding carboxylic acids is 11. The third-order valence-electron chi connectivity index (χ3n) is 19.0. The number of rotatable bonds is 18. The van der Waals surface area contributed by atoms with Crippen molar-refractivity contribution >= 4 is 64.6 Å². The molecule has 13 atom stereocenters. The van der Waals surface area contributed by atoms with E-state index in [1.54, 1.807) is 54.5 Å². The number of aliphatic hydroxyl groups excluding tert-OH is 1. The molecular formula is C71H121FN10O12. The molecule has 22 nitrogen and oxygen atoms in total. The molecule has 0 bridgehead atoms. The number of ketones is 3. The number of hydrogen-bond acceptors (Lipinski definition) is 14. The quantitative estimate of drug-likeness (QED) is 0.150. The van der Waals surface area contributed by atoms with Crippen molar-refractivity contribution in [1.82, 2.24) is 49.5 Å². The smallest absolute Gasteiger partial charge is 0.246 e. The van der Waals surface area contributed by atoms with E-state index in [9.17, 15) is 43.1 Å². The molecule has 23 heteroatoms. The van der Waals surface area contributed by atoms with E-state index in [1.165, 1.54) is 98.6 Å². The fourth-order valence-electron chi connectivity index (χ4n) is 12.7. The molecule has 1 fully saturated rings. The Hall–Kier alpha value is -6.23. The van der Waals surface area contributed by atoms with Gasteiger partial charge in [0.25, 0.3) is 0 Å². The van der Waals surface area contributed by atoms with Crippen LogP contribution in [0.15, 0.2) is 18.3 Å². The van der Waals surface area contributed by atoms with E-state index in [-0.39, 0.29) is 68.6 Å². The van der Waals surface area contributed by atoms with Crippen molar-refractivity contribution in [3.63, 3.8) is 0 Å². The maximum Gasteiger partial charge on any atom is 0.246 e. The predicted octanol–water partition coefficient (Wildman–Crippen LogP) is 7.02. The molecule has 0 aliphatic carbocycles. The van der Waals surface area contributed by atoms with Crippen LogP contribution in [0.25, 0.3) is 0 Å². The Bertz CT molecular complexity index is 2720. The second-order valence-electron chi connectivity index (χ2n) is 29.6. The van der Waals surface area contributed by atoms with Crippen molar-refractivity contribution < 1.29 is 62.2 Å². The molecule has 0 spiro atoms. The van der Waals surface area contributed by atoms with Crippen LogP contribution in [0, 0.1) is 65.0 Å². The molecular weight excluding hydrogens is 1200 g/mol. The van der Waals surface area contributed by atoms with Gasteiger partial charge in [0.2, 0.25) is 47.3 Å². The average Bonchev–Trinajstić information content (AvgIpc) is 0.847. The highest BCUT2D eigenvalue weighted by molar-refractivity contribution is 6.00. The van der Waals surface area contributed by atoms with Crippen molar-refractivity contribution in [2.45, 2.75) is 236 Å². The first-order valence-corrected chi connectivity index (χ1v) is 34.2. The van der Waals surface area contributed by atoms with Crippen LogP contribution >= 0.6 is 0 Å². The first-order valence-electron chi connectivity index (χ1n) is 34.2. The van der Waals surface area contributed by atoms with Gasteiger partial charge in [-0.2, -0.15) is 0 Å². The first kappa shape index (κ1) is 83.9. The Kier molecular flexibility index (Phi) is 33.8. The summed E-state index contributed by atoms with van der Waals surface area (Å²) in [5.74, 6) is -11.9. The zero-order valence-corrected chi connectivity index (χ0v) is 61.8. The Labute approximate surface area is 562 Å². The third kappa shape index (κ3) is 23.3. The van der Waals surface area contributed by atoms with Gasteiger partial charge in [0.05, 0.1) is 30.1 Å². The second kappa shape index (κ2) is 37.9. The number of aliphatic hydroxyl groups is 1. The summed E-state index contributed by atoms with van der Waals surface area (Å²) in [4.78, 5) is 178. The third-order valence-corrected chi connectivity index (χ3v) is 19.0. The number of carbonyl (C=O) groups is 11. The van der Waals surface area contributed by atoms with Gasteiger partial charge >= 0.3 is 0 Å². The Morgan fingerprint density at radius 1 is 0.532 bits per heavy atom. The highest BCUT2D eigenvalue weighted by Gasteiger charge is 2.46. The number of hydrogen-bond donors (Lipinski definition) is 2. The molecule has 2 rings (SSSR count). The molecule has 0 saturated carbocycles. The number of halogens is 1. The van der Waals surface area contributed by atoms with Gasteiger partial charge in [-0.05, 0) is 120 Å². The zero-order valence-electron chi connectivity index (χ0n) is 61.8. The maximum absolute atomic E-state index is 15.5. The van der Waals surface area contributed by atoms with E-state index >= 15 is 19.2 Å². The zero-order chi connectivity index (χ0) is 72.4. The lowest BCUT2D eigenvalue weighted by molar-refractivity contribution is -0.157. The predicted molar refractivity (Wildman–Crippen MR) is 362 cm³/mol. The Morgan fingerprint density at radius 3 is 1.44 bits per heavy atom. The molecule has 1 aromatic heterocycles. The minimum absolute atomic E-state index is 0.0810. The molecule has 2 N–H and O–H groups in total. The lowest BCUT2D eigenvalue weighted by Crippen LogP contribution is -2.62. The summed E-state index contributed by atoms with van der Waals surface area (Å²) in [5, 5.41) is 15.3. The van der Waals surface area contributed by atoms with Gasteiger partial charge in [-0.3, -0.25) is 57.7 Å². The minimum Gasteiger partial charge on any atom is -0.390 e. The molecule has 1 aliphatic rings. The Balaban J connectivity index is 3.01. The lowest BCUT2D eigenvalue weighted by atomic mass is 9.84. The van der Waals surface area contributed by atoms with Crippen LogP contribution < -0.4 is 5.32 Å². The molecule has 2 heterocycles. The monoisotopic (exact) mass is 1320 g/mol. The summed E-state index contributed by atoms with van der Waals surface area (Å²) in [7, 11) is 12.0. The molecule has 0 unspecified atom stereocenters. The number of nitrogens with zero attached hydrogens (tertiary/aromatic N) is 9. The minimum atomic E-state index is -1.58. The van der Waals surface area contributed by atoms with E-state index in [0.29, 0.717) is 25.2 Å². The summed E-state index contributed by atoms with van der Waals surface area (Å²) in [6.45, 7) is 30.9. The van der Waals surface area contributed by atoms with E-state index in [2.05, 4.69) is 10.3 Å². The van der Waals surface area contributed by atoms with Crippen LogP contribution in [-0.2, 0) is 59.3 Å². The first-order chi connectivity index (χ1) is 43.4. The lowest BCUT2D eigenvalue weighted by Gasteiger charge is -2.42. The number of Topliss-reactive ketones (excluding diaryl/α,β-unsaturated/α-hetero) is 3. The standard InChI is InChI=1S/C71H121FN10O12/c1-26-50-36-60(85)62(63(86)46(14)29-30-75(18)39-52-28-27-51(72)38-73-52)82(25)71(94)61(45(12)13)81(24)70(93)57(34-43(8)9)80(23)69(92)56(33-42(6)7)79(22)65(88)48(16)74-64(87)47(15)35-58(83)54(31-40(2)3)78(21)68(91)53(44(10)11)37-59(84)55(32-41(4)5)77(20)66(89)49(17)76(19)67(50)90/h27-28,38,40-50,53-57,61-63,86H,26,29-37,39H2,1-25H3,(H,74,87)/t46-,47+,48+,49-,50+,53-,54-,55+,56-,57-,61-,62+,63-/m1/s1. The number of pyridine rings is 1. The van der Waals surface area contributed by atoms with E-state index in [4.69, 9.17) is 0 Å². The van der Waals surface area contributed by atoms with Gasteiger partial charge in [0, 0.05) is 92.9 Å². The van der Waals surface area contributed by atoms with Crippen LogP contribution in [0.4, 0.5) is 4.39 Å². The largest absolute Gasteiger partial charge is 0.390 e. The molecule has 1 saturated heterocycles. The van der Waals surface area contributed by atoms with Gasteiger partial charge in [0.15, 0.2) is 17.3 Å². The molecule has 8 amide bonds. The van der Waals surface area contributed by atoms with Gasteiger partial charge in [-0.25, -0.2) is 4.39 Å². The van der Waals surface area contributed by atoms with E-state index in [0.717, 1.165) is 11.1 Å². The molecule has 94 heavy (non-hydrogen) atoms. The van der Waals surface area contributed by atoms with Crippen LogP contribution in [0.1, 0.15) is 181 Å². The molecule has 0 radical (unpaired) electrons. The van der Waals surface area contributed by atoms with Crippen molar-refractivity contribution in [2.24, 2.45) is 59.2 Å². The van der Waals surface area contributed by atoms with Gasteiger partial charge < -0.3 is 49.6 Å². The highest BCUT2D eigenvalue weighted by atomic mass is 19.1. The normalized spacial score (nSPS) is 26.5. The summed E-state index contributed by atoms with van der Waals surface area (Å²) < 4.78 is 13.7. The van der Waals surface area contributed by atoms with Crippen LogP contribution in [0.2, 0.25) is 0 Å². The molecule has 0 aromatic carbocycles. The second-order valence-corrected chi connectivity index (χ2v) is 29.6. The van der Waals surface area contributed by atoms with E-state index < -0.39 is 167 Å². The van der Waals surface area contributed by atoms with E-state index in [1.807, 2.05) is 67.3 Å². The summed E-state index contributed by atoms with van der Waals surface area (Å²) in [5.41, 5.74) is 0.601. The van der Waals surface area contributed by atoms with Gasteiger partial charge in [-0.1, -0.05) is 104 Å². The molecule has 1 aliphatic heterocycles. The maximum atomic E-state index is 15.5. The SMILES string of the molecule is CC[C@H]1CC(=O)[C@@H]([C@H](O)[C@H](C)CCN(C)Cc2ccc(F)cn2)N(C)C(=O)[C@@H](C(C)C)N(C)C(=O)[C@@H](CC(C)C)N(C)C(=O)[C@@H](CC(C)C)N(C)C(=O)[C@H](C)NC(=O)[C@@H](C)CC(=O)[C@@H](CC(C)C)N(C)C(=O)[C@@H](C(C)C)CC(=O)[C@H](CC(C)C)N(C)C(=O)[C@@H](C)N(C)C1=O. The number of nitrogens with one attached hydrogen (secondary N) is 1. The number of aromatic nitrogens is 1. The van der Waals surface area contributed by atoms with Crippen molar-refractivity contribution in [2.75, 3.05) is 62.9 Å². The Morgan fingerprint density at radius 2 is 0.979 bits per heavy atom. The van der Waals surface area contributed by atoms with Crippen molar-refractivity contribution in [1.29, 1.82) is 0 Å². The number of amides is 8. The highest BCUT2D eigenvalue weighted by Crippen LogP contribution is 2.30. The summed E-state index contributed by atoms with van der Waals surface area (Å²) >= 11 is 0. The van der Waals surface area contributed by atoms with Gasteiger partial charge in [-0.15, -0.1) is 0 Å². The van der Waals surface area contributed by atoms with Crippen LogP contribution in [-0.4, -0.2) is 231 Å². The van der Waals surface area contributed by atoms with Crippen LogP contribution in [0.5, 0.6) is 0 Å². The van der Waals surface area contributed by atoms with Crippen molar-refractivity contribution in [3.05, 3.63) is 29.8 Å². The summed E-state index contributed by atoms with van der Waals surface area (Å²) in [6, 6.07) is -6.67. The fourth-order valence-corrected chi connectivity index (χ4v) is 12.7. The fraction of sp³-hybridized carbons (Fsp3) is 0.775. The van der Waals surface area contributed by atoms with Crippen molar-refractivity contribution in [3.8, 4) is 0 Å². The summed E-state index contributed by atoms with van der Waals surface area (Å²) in [6.07, 6.45) is -0.301. The van der Waals surface area contributed by atoms with Crippen LogP contribution in [0.3, 0.4) is 0 Å². The molecule has 1 aromatic rings. The van der Waals surface area contributed by atoms with Gasteiger partial charge in [0.1, 0.15) is 42.1 Å².